The van der Waals surface area contributed by atoms with Gasteiger partial charge in [0.2, 0.25) is 0 Å². The van der Waals surface area contributed by atoms with E-state index in [9.17, 15) is 0 Å². The first-order valence-corrected chi connectivity index (χ1v) is 13.8. The van der Waals surface area contributed by atoms with Crippen molar-refractivity contribution < 1.29 is 20.0 Å². The minimum absolute atomic E-state index is 1.08. The van der Waals surface area contributed by atoms with Crippen LogP contribution < -0.4 is 0 Å². The van der Waals surface area contributed by atoms with Crippen molar-refractivity contribution in [1.82, 2.24) is 0 Å². The van der Waals surface area contributed by atoms with Crippen LogP contribution in [-0.2, 0) is 20.0 Å². The Morgan fingerprint density at radius 3 is 1.86 bits per heavy atom. The average Bonchev–Trinajstić information content (AvgIpc) is 2.78. The second-order valence-corrected chi connectivity index (χ2v) is 21.3. The van der Waals surface area contributed by atoms with Crippen molar-refractivity contribution in [3.63, 3.8) is 0 Å². The van der Waals surface area contributed by atoms with Crippen molar-refractivity contribution in [3.8, 4) is 0 Å². The first-order chi connectivity index (χ1) is 6.84. The molecule has 0 N–H and O–H groups in total. The molecule has 72 valence electrons. The van der Waals surface area contributed by atoms with E-state index in [-0.39, 0.29) is 0 Å². The van der Waals surface area contributed by atoms with Crippen LogP contribution in [0.25, 0.3) is 0 Å². The maximum absolute atomic E-state index is 2.49. The summed E-state index contributed by atoms with van der Waals surface area (Å²) in [4.78, 5) is 0. The maximum atomic E-state index is 2.49. The van der Waals surface area contributed by atoms with Crippen LogP contribution in [0.5, 0.6) is 0 Å². The molecule has 0 saturated carbocycles. The fraction of sp³-hybridized carbons (Fsp3) is 0.385. The monoisotopic (exact) mass is 352 g/mol. The van der Waals surface area contributed by atoms with E-state index in [4.69, 9.17) is 0 Å². The molecule has 0 aromatic heterocycles. The predicted molar refractivity (Wildman–Crippen MR) is 57.9 cm³/mol. The molecule has 0 amide bonds. The van der Waals surface area contributed by atoms with Gasteiger partial charge in [-0.2, -0.15) is 0 Å². The van der Waals surface area contributed by atoms with Gasteiger partial charge in [-0.1, -0.05) is 0 Å². The van der Waals surface area contributed by atoms with Crippen molar-refractivity contribution >= 4 is 0 Å². The van der Waals surface area contributed by atoms with Gasteiger partial charge in [-0.15, -0.1) is 0 Å². The van der Waals surface area contributed by atoms with E-state index in [1.807, 2.05) is 6.66 Å². The molecule has 1 atom stereocenters. The van der Waals surface area contributed by atoms with Crippen LogP contribution in [0.3, 0.4) is 0 Å². The van der Waals surface area contributed by atoms with Gasteiger partial charge in [0.15, 0.2) is 0 Å². The van der Waals surface area contributed by atoms with Gasteiger partial charge >= 0.3 is 90.7 Å². The zero-order chi connectivity index (χ0) is 9.60. The van der Waals surface area contributed by atoms with Gasteiger partial charge in [-0.25, -0.2) is 0 Å². The molecule has 14 heavy (non-hydrogen) atoms. The normalized spacial score (nSPS) is 31.9. The van der Waals surface area contributed by atoms with Crippen molar-refractivity contribution in [3.05, 3.63) is 43.1 Å². The molecule has 0 aromatic carbocycles. The van der Waals surface area contributed by atoms with E-state index in [0.717, 1.165) is 3.67 Å². The van der Waals surface area contributed by atoms with Crippen molar-refractivity contribution in [2.75, 3.05) is 0 Å². The van der Waals surface area contributed by atoms with Crippen LogP contribution in [0.1, 0.15) is 19.8 Å². The zero-order valence-electron chi connectivity index (χ0n) is 8.66. The number of rotatable bonds is 2. The van der Waals surface area contributed by atoms with Gasteiger partial charge in [0.25, 0.3) is 0 Å². The Bertz CT molecular complexity index is 352. The van der Waals surface area contributed by atoms with E-state index >= 15 is 0 Å². The number of hydrogen-bond donors (Lipinski definition) is 0. The Labute approximate surface area is 90.4 Å². The molecule has 1 aliphatic heterocycles. The summed E-state index contributed by atoms with van der Waals surface area (Å²) in [6, 6.07) is 0. The summed E-state index contributed by atoms with van der Waals surface area (Å²) in [5, 5.41) is 0. The molecule has 1 heteroatoms. The Morgan fingerprint density at radius 2 is 1.57 bits per heavy atom. The standard InChI is InChI=1S/2C5H5.C3H6.Hf/c2*1-2-4-5-3-1;1-3-2;/h2*1-3H,4H2;3H,1H2,2H3;. The molecule has 0 radical (unpaired) electrons. The minimum atomic E-state index is -2.03. The third kappa shape index (κ3) is 1.14. The Morgan fingerprint density at radius 1 is 1.07 bits per heavy atom. The van der Waals surface area contributed by atoms with Gasteiger partial charge in [0.1, 0.15) is 0 Å². The Hall–Kier alpha value is -0.170. The molecule has 2 aliphatic carbocycles. The molecule has 1 fully saturated rings. The molecule has 3 rings (SSSR count). The Kier molecular flexibility index (Phi) is 2.05. The molecular formula is C13H16Hf. The molecule has 0 aromatic rings. The summed E-state index contributed by atoms with van der Waals surface area (Å²) in [5.74, 6) is 0. The van der Waals surface area contributed by atoms with Crippen LogP contribution in [0.15, 0.2) is 43.1 Å². The van der Waals surface area contributed by atoms with Crippen molar-refractivity contribution in [1.29, 1.82) is 0 Å². The first-order valence-electron chi connectivity index (χ1n) is 5.56. The topological polar surface area (TPSA) is 0 Å². The fourth-order valence-electron chi connectivity index (χ4n) is 3.08. The van der Waals surface area contributed by atoms with Gasteiger partial charge in [0.05, 0.1) is 0 Å². The van der Waals surface area contributed by atoms with Crippen LogP contribution in [0, 0.1) is 0 Å². The van der Waals surface area contributed by atoms with Crippen LogP contribution in [0.2, 0.25) is 7.85 Å². The molecule has 0 nitrogen and oxygen atoms in total. The second-order valence-electron chi connectivity index (χ2n) is 4.72. The summed E-state index contributed by atoms with van der Waals surface area (Å²) >= 11 is -2.03. The SMILES string of the molecule is C[CH]1[CH2][Hf]1([C]1=CC=CC1)[C]1=CC=CC1. The molecule has 1 unspecified atom stereocenters. The quantitative estimate of drug-likeness (QED) is 0.659. The second kappa shape index (κ2) is 3.16. The number of allylic oxidation sites excluding steroid dienone is 8. The van der Waals surface area contributed by atoms with E-state index in [1.54, 1.807) is 4.18 Å². The Balaban J connectivity index is 1.93. The summed E-state index contributed by atoms with van der Waals surface area (Å²) in [5.41, 5.74) is 0. The van der Waals surface area contributed by atoms with E-state index in [1.165, 1.54) is 12.8 Å². The van der Waals surface area contributed by atoms with Crippen molar-refractivity contribution in [2.24, 2.45) is 0 Å². The van der Waals surface area contributed by atoms with Crippen LogP contribution in [0.4, 0.5) is 0 Å². The van der Waals surface area contributed by atoms with Gasteiger partial charge in [0, 0.05) is 0 Å². The van der Waals surface area contributed by atoms with Gasteiger partial charge < -0.3 is 0 Å². The van der Waals surface area contributed by atoms with E-state index < -0.39 is 20.0 Å². The summed E-state index contributed by atoms with van der Waals surface area (Å²) in [6.07, 6.45) is 16.6. The average molecular weight is 351 g/mol. The molecule has 3 aliphatic rings. The van der Waals surface area contributed by atoms with E-state index in [2.05, 4.69) is 43.4 Å². The van der Waals surface area contributed by atoms with Gasteiger partial charge in [-0.05, 0) is 0 Å². The predicted octanol–water partition coefficient (Wildman–Crippen LogP) is 4.07. The van der Waals surface area contributed by atoms with Gasteiger partial charge in [-0.3, -0.25) is 0 Å². The molecule has 0 spiro atoms. The van der Waals surface area contributed by atoms with E-state index in [0.29, 0.717) is 0 Å². The van der Waals surface area contributed by atoms with Crippen molar-refractivity contribution in [2.45, 2.75) is 27.6 Å². The molecule has 1 saturated heterocycles. The summed E-state index contributed by atoms with van der Waals surface area (Å²) in [7, 11) is 0. The third-order valence-electron chi connectivity index (χ3n) is 4.00. The first kappa shape index (κ1) is 9.08. The molecule has 1 heterocycles. The molecular weight excluding hydrogens is 335 g/mol. The zero-order valence-corrected chi connectivity index (χ0v) is 12.3. The summed E-state index contributed by atoms with van der Waals surface area (Å²) < 4.78 is 6.42. The third-order valence-corrected chi connectivity index (χ3v) is 24.3. The fourth-order valence-corrected chi connectivity index (χ4v) is 26.3. The number of hydrogen-bond acceptors (Lipinski definition) is 0. The molecule has 0 bridgehead atoms. The summed E-state index contributed by atoms with van der Waals surface area (Å²) in [6.45, 7) is 2.49. The van der Waals surface area contributed by atoms with Crippen LogP contribution >= 0.6 is 0 Å². The van der Waals surface area contributed by atoms with Crippen LogP contribution in [-0.4, -0.2) is 0 Å².